The second-order valence-electron chi connectivity index (χ2n) is 9.85. The fourth-order valence-corrected chi connectivity index (χ4v) is 5.26. The second-order valence-corrected chi connectivity index (χ2v) is 9.85. The Labute approximate surface area is 215 Å². The summed E-state index contributed by atoms with van der Waals surface area (Å²) < 4.78 is 16.7. The van der Waals surface area contributed by atoms with Crippen molar-refractivity contribution in [2.75, 3.05) is 60.2 Å². The van der Waals surface area contributed by atoms with E-state index in [9.17, 15) is 9.59 Å². The molecule has 4 atom stereocenters. The Bertz CT molecular complexity index is 773. The summed E-state index contributed by atoms with van der Waals surface area (Å²) >= 11 is 0. The van der Waals surface area contributed by atoms with Crippen molar-refractivity contribution < 1.29 is 23.8 Å². The first kappa shape index (κ1) is 28.2. The van der Waals surface area contributed by atoms with Gasteiger partial charge >= 0.3 is 12.1 Å². The van der Waals surface area contributed by atoms with Crippen LogP contribution in [-0.2, 0) is 14.2 Å². The van der Waals surface area contributed by atoms with Gasteiger partial charge in [-0.2, -0.15) is 0 Å². The lowest BCUT2D eigenvalue weighted by molar-refractivity contribution is -0.00867. The summed E-state index contributed by atoms with van der Waals surface area (Å²) in [6.45, 7) is 4.47. The van der Waals surface area contributed by atoms with E-state index in [1.165, 1.54) is 13.5 Å². The molecule has 1 aromatic carbocycles. The summed E-state index contributed by atoms with van der Waals surface area (Å²) in [6, 6.07) is 10.2. The van der Waals surface area contributed by atoms with Gasteiger partial charge in [-0.15, -0.1) is 0 Å². The number of ether oxygens (including phenoxy) is 3. The lowest BCUT2D eigenvalue weighted by Crippen LogP contribution is -2.52. The molecule has 1 unspecified atom stereocenters. The van der Waals surface area contributed by atoms with Gasteiger partial charge in [-0.25, -0.2) is 9.59 Å². The van der Waals surface area contributed by atoms with E-state index in [1.807, 2.05) is 30.1 Å². The number of urea groups is 1. The van der Waals surface area contributed by atoms with E-state index < -0.39 is 6.09 Å². The maximum Gasteiger partial charge on any atom is 0.406 e. The molecule has 36 heavy (non-hydrogen) atoms. The number of amides is 3. The standard InChI is InChI=1S/C27H44N4O5/c1-28-18-24(17-21-9-6-7-15-35-20-21)30-26(32)31-14-8-12-23(19-31)25(22-10-4-3-5-11-22)36-16-13-29-27(33)34-2/h3-5,10-11,21,23-25,28H,6-9,12-20H2,1-2H3,(H,29,33)(H,30,32)/t21-,23-,24+,25?/m1/s1. The highest BCUT2D eigenvalue weighted by atomic mass is 16.5. The maximum absolute atomic E-state index is 13.3. The van der Waals surface area contributed by atoms with Crippen LogP contribution in [-0.4, -0.2) is 83.2 Å². The van der Waals surface area contributed by atoms with E-state index in [0.29, 0.717) is 25.6 Å². The van der Waals surface area contributed by atoms with E-state index in [2.05, 4.69) is 32.8 Å². The van der Waals surface area contributed by atoms with E-state index in [0.717, 1.165) is 64.0 Å². The van der Waals surface area contributed by atoms with Crippen LogP contribution in [0.1, 0.15) is 50.2 Å². The third-order valence-electron chi connectivity index (χ3n) is 7.06. The highest BCUT2D eigenvalue weighted by Gasteiger charge is 2.32. The molecule has 2 saturated heterocycles. The lowest BCUT2D eigenvalue weighted by atomic mass is 9.88. The minimum Gasteiger partial charge on any atom is -0.453 e. The zero-order chi connectivity index (χ0) is 25.6. The normalized spacial score (nSPS) is 22.2. The number of alkyl carbamates (subject to hydrolysis) is 1. The van der Waals surface area contributed by atoms with Gasteiger partial charge in [-0.3, -0.25) is 0 Å². The first-order chi connectivity index (χ1) is 17.6. The maximum atomic E-state index is 13.3. The van der Waals surface area contributed by atoms with Gasteiger partial charge in [0.2, 0.25) is 0 Å². The van der Waals surface area contributed by atoms with Gasteiger partial charge in [0.1, 0.15) is 0 Å². The molecule has 0 aliphatic carbocycles. The molecule has 2 fully saturated rings. The monoisotopic (exact) mass is 504 g/mol. The Balaban J connectivity index is 1.59. The SMILES string of the molecule is CNC[C@H](C[C@H]1CCCCOC1)NC(=O)N1CCC[C@@H](C(OCCNC(=O)OC)c2ccccc2)C1. The van der Waals surface area contributed by atoms with Crippen LogP contribution in [0.4, 0.5) is 9.59 Å². The van der Waals surface area contributed by atoms with Crippen molar-refractivity contribution in [3.63, 3.8) is 0 Å². The summed E-state index contributed by atoms with van der Waals surface area (Å²) in [7, 11) is 3.27. The topological polar surface area (TPSA) is 101 Å². The van der Waals surface area contributed by atoms with Gasteiger partial charge in [-0.1, -0.05) is 36.8 Å². The molecule has 0 aromatic heterocycles. The highest BCUT2D eigenvalue weighted by Crippen LogP contribution is 2.33. The van der Waals surface area contributed by atoms with E-state index >= 15 is 0 Å². The number of methoxy groups -OCH3 is 1. The number of rotatable bonds is 11. The Morgan fingerprint density at radius 2 is 2.00 bits per heavy atom. The smallest absolute Gasteiger partial charge is 0.406 e. The molecule has 9 nitrogen and oxygen atoms in total. The Morgan fingerprint density at radius 1 is 1.17 bits per heavy atom. The van der Waals surface area contributed by atoms with Crippen molar-refractivity contribution in [2.45, 2.75) is 50.7 Å². The van der Waals surface area contributed by atoms with E-state index in [1.54, 1.807) is 0 Å². The molecule has 3 rings (SSSR count). The fraction of sp³-hybridized carbons (Fsp3) is 0.704. The summed E-state index contributed by atoms with van der Waals surface area (Å²) in [5.41, 5.74) is 1.09. The molecule has 9 heteroatoms. The van der Waals surface area contributed by atoms with Crippen LogP contribution >= 0.6 is 0 Å². The number of carbonyl (C=O) groups is 2. The number of likely N-dealkylation sites (N-methyl/N-ethyl adjacent to an activating group) is 1. The van der Waals surface area contributed by atoms with Crippen LogP contribution in [0.25, 0.3) is 0 Å². The third kappa shape index (κ3) is 9.26. The molecule has 0 bridgehead atoms. The number of hydrogen-bond donors (Lipinski definition) is 3. The molecule has 3 amide bonds. The summed E-state index contributed by atoms with van der Waals surface area (Å²) in [4.78, 5) is 26.6. The number of nitrogens with one attached hydrogen (secondary N) is 3. The number of nitrogens with zero attached hydrogens (tertiary/aromatic N) is 1. The van der Waals surface area contributed by atoms with Crippen LogP contribution in [0.15, 0.2) is 30.3 Å². The van der Waals surface area contributed by atoms with Gasteiger partial charge in [0, 0.05) is 51.4 Å². The summed E-state index contributed by atoms with van der Waals surface area (Å²) in [5, 5.41) is 9.19. The number of likely N-dealkylation sites (tertiary alicyclic amines) is 1. The lowest BCUT2D eigenvalue weighted by Gasteiger charge is -2.38. The molecule has 0 radical (unpaired) electrons. The van der Waals surface area contributed by atoms with Crippen molar-refractivity contribution in [1.29, 1.82) is 0 Å². The Hall–Kier alpha value is -2.36. The van der Waals surface area contributed by atoms with Crippen molar-refractivity contribution >= 4 is 12.1 Å². The van der Waals surface area contributed by atoms with Gasteiger partial charge in [-0.05, 0) is 50.6 Å². The van der Waals surface area contributed by atoms with Crippen molar-refractivity contribution in [3.05, 3.63) is 35.9 Å². The molecule has 1 aromatic rings. The van der Waals surface area contributed by atoms with Gasteiger partial charge in [0.15, 0.2) is 0 Å². The molecule has 0 saturated carbocycles. The zero-order valence-electron chi connectivity index (χ0n) is 21.9. The number of benzene rings is 1. The number of piperidine rings is 1. The average molecular weight is 505 g/mol. The highest BCUT2D eigenvalue weighted by molar-refractivity contribution is 5.74. The Kier molecular flexibility index (Phi) is 12.3. The largest absolute Gasteiger partial charge is 0.453 e. The van der Waals surface area contributed by atoms with Crippen molar-refractivity contribution in [3.8, 4) is 0 Å². The zero-order valence-corrected chi connectivity index (χ0v) is 21.9. The number of carbonyl (C=O) groups excluding carboxylic acids is 2. The van der Waals surface area contributed by atoms with Crippen LogP contribution in [0.3, 0.4) is 0 Å². The van der Waals surface area contributed by atoms with Crippen LogP contribution in [0.2, 0.25) is 0 Å². The molecule has 2 heterocycles. The van der Waals surface area contributed by atoms with Crippen LogP contribution < -0.4 is 16.0 Å². The van der Waals surface area contributed by atoms with Gasteiger partial charge < -0.3 is 35.1 Å². The summed E-state index contributed by atoms with van der Waals surface area (Å²) in [5.74, 6) is 0.651. The predicted molar refractivity (Wildman–Crippen MR) is 139 cm³/mol. The Morgan fingerprint density at radius 3 is 2.78 bits per heavy atom. The van der Waals surface area contributed by atoms with E-state index in [-0.39, 0.29) is 24.1 Å². The molecular weight excluding hydrogens is 460 g/mol. The first-order valence-electron chi connectivity index (χ1n) is 13.4. The molecule has 202 valence electrons. The first-order valence-corrected chi connectivity index (χ1v) is 13.4. The van der Waals surface area contributed by atoms with Crippen molar-refractivity contribution in [1.82, 2.24) is 20.9 Å². The second kappa shape index (κ2) is 15.7. The summed E-state index contributed by atoms with van der Waals surface area (Å²) in [6.07, 6.45) is 5.67. The number of hydrogen-bond acceptors (Lipinski definition) is 6. The molecular formula is C27H44N4O5. The van der Waals surface area contributed by atoms with Gasteiger partial charge in [0.05, 0.1) is 19.8 Å². The minimum atomic E-state index is -0.470. The third-order valence-corrected chi connectivity index (χ3v) is 7.06. The van der Waals surface area contributed by atoms with E-state index in [4.69, 9.17) is 9.47 Å². The predicted octanol–water partition coefficient (Wildman–Crippen LogP) is 3.32. The minimum absolute atomic E-state index is 0.00587. The van der Waals surface area contributed by atoms with Crippen molar-refractivity contribution in [2.24, 2.45) is 11.8 Å². The average Bonchev–Trinajstić information content (AvgIpc) is 3.18. The molecule has 2 aliphatic rings. The molecule has 0 spiro atoms. The van der Waals surface area contributed by atoms with Crippen LogP contribution in [0, 0.1) is 11.8 Å². The molecule has 3 N–H and O–H groups in total. The van der Waals surface area contributed by atoms with Crippen LogP contribution in [0.5, 0.6) is 0 Å². The van der Waals surface area contributed by atoms with Gasteiger partial charge in [0.25, 0.3) is 0 Å². The molecule has 2 aliphatic heterocycles. The fourth-order valence-electron chi connectivity index (χ4n) is 5.26. The quantitative estimate of drug-likeness (QED) is 0.400.